The Balaban J connectivity index is 1.91. The highest BCUT2D eigenvalue weighted by molar-refractivity contribution is 8.18. The van der Waals surface area contributed by atoms with Gasteiger partial charge in [-0.25, -0.2) is 4.79 Å². The first-order chi connectivity index (χ1) is 13.7. The number of aliphatic imine (C=N–C) groups is 1. The number of nitrogens with zero attached hydrogens (tertiary/aromatic N) is 2. The first-order valence-electron chi connectivity index (χ1n) is 9.11. The van der Waals surface area contributed by atoms with Crippen LogP contribution in [0.5, 0.6) is 0 Å². The summed E-state index contributed by atoms with van der Waals surface area (Å²) in [5.41, 5.74) is 0.594. The van der Waals surface area contributed by atoms with Gasteiger partial charge in [-0.15, -0.1) is 0 Å². The molecule has 2 heterocycles. The van der Waals surface area contributed by atoms with E-state index in [1.807, 2.05) is 27.7 Å². The maximum absolute atomic E-state index is 12.8. The first kappa shape index (κ1) is 21.2. The van der Waals surface area contributed by atoms with Crippen LogP contribution in [0.15, 0.2) is 44.6 Å². The minimum absolute atomic E-state index is 0.00381. The van der Waals surface area contributed by atoms with Crippen molar-refractivity contribution in [1.29, 1.82) is 0 Å². The number of carboxylic acid groups (broad SMARTS) is 1. The van der Waals surface area contributed by atoms with Crippen molar-refractivity contribution in [2.24, 2.45) is 4.99 Å². The molecule has 1 aromatic heterocycles. The average Bonchev–Trinajstić information content (AvgIpc) is 3.20. The average molecular weight is 433 g/mol. The van der Waals surface area contributed by atoms with Gasteiger partial charge in [-0.3, -0.25) is 14.7 Å². The highest BCUT2D eigenvalue weighted by atomic mass is 35.5. The number of amidine groups is 1. The number of aromatic carboxylic acids is 1. The topological polar surface area (TPSA) is 83.1 Å². The highest BCUT2D eigenvalue weighted by Crippen LogP contribution is 2.35. The number of carbonyl (C=O) groups excluding carboxylic acids is 1. The van der Waals surface area contributed by atoms with E-state index >= 15 is 0 Å². The monoisotopic (exact) mass is 432 g/mol. The Kier molecular flexibility index (Phi) is 6.19. The van der Waals surface area contributed by atoms with Crippen molar-refractivity contribution in [1.82, 2.24) is 4.90 Å². The van der Waals surface area contributed by atoms with Crippen LogP contribution in [0.3, 0.4) is 0 Å². The van der Waals surface area contributed by atoms with E-state index < -0.39 is 5.97 Å². The van der Waals surface area contributed by atoms with Gasteiger partial charge in [0.25, 0.3) is 5.91 Å². The molecule has 6 nitrogen and oxygen atoms in total. The number of amides is 1. The quantitative estimate of drug-likeness (QED) is 0.640. The number of carbonyl (C=O) groups is 2. The molecule has 0 aliphatic carbocycles. The van der Waals surface area contributed by atoms with Crippen molar-refractivity contribution >= 4 is 46.5 Å². The summed E-state index contributed by atoms with van der Waals surface area (Å²) in [5, 5.41) is 10.1. The van der Waals surface area contributed by atoms with Crippen molar-refractivity contribution in [3.05, 3.63) is 51.6 Å². The van der Waals surface area contributed by atoms with E-state index in [0.717, 1.165) is 0 Å². The first-order valence-corrected chi connectivity index (χ1v) is 10.3. The van der Waals surface area contributed by atoms with Gasteiger partial charge < -0.3 is 9.52 Å². The molecule has 0 spiro atoms. The van der Waals surface area contributed by atoms with Gasteiger partial charge in [0.15, 0.2) is 5.17 Å². The van der Waals surface area contributed by atoms with Crippen LogP contribution in [-0.2, 0) is 4.79 Å². The molecule has 1 aromatic carbocycles. The predicted octanol–water partition coefficient (Wildman–Crippen LogP) is 5.39. The van der Waals surface area contributed by atoms with Crippen LogP contribution in [0.25, 0.3) is 17.4 Å². The molecule has 0 radical (unpaired) electrons. The summed E-state index contributed by atoms with van der Waals surface area (Å²) in [6, 6.07) is 8.21. The zero-order valence-electron chi connectivity index (χ0n) is 16.5. The molecular formula is C21H21ClN2O4S. The third-order valence-corrected chi connectivity index (χ3v) is 5.43. The Hall–Kier alpha value is -2.51. The molecule has 29 heavy (non-hydrogen) atoms. The van der Waals surface area contributed by atoms with E-state index in [9.17, 15) is 14.7 Å². The number of halogens is 1. The molecular weight excluding hydrogens is 412 g/mol. The second kappa shape index (κ2) is 8.47. The summed E-state index contributed by atoms with van der Waals surface area (Å²) < 4.78 is 5.83. The molecule has 1 aliphatic heterocycles. The molecule has 0 unspecified atom stereocenters. The van der Waals surface area contributed by atoms with E-state index in [2.05, 4.69) is 4.99 Å². The van der Waals surface area contributed by atoms with E-state index in [4.69, 9.17) is 16.0 Å². The second-order valence-electron chi connectivity index (χ2n) is 7.09. The summed E-state index contributed by atoms with van der Waals surface area (Å²) in [5.74, 6) is -0.230. The third-order valence-electron chi connectivity index (χ3n) is 4.10. The summed E-state index contributed by atoms with van der Waals surface area (Å²) in [6.45, 7) is 7.83. The number of furan rings is 1. The molecule has 0 bridgehead atoms. The van der Waals surface area contributed by atoms with Gasteiger partial charge >= 0.3 is 5.97 Å². The smallest absolute Gasteiger partial charge is 0.337 e. The lowest BCUT2D eigenvalue weighted by Crippen LogP contribution is -2.35. The molecule has 1 aliphatic rings. The fourth-order valence-corrected chi connectivity index (χ4v) is 4.22. The second-order valence-corrected chi connectivity index (χ2v) is 8.50. The highest BCUT2D eigenvalue weighted by Gasteiger charge is 2.35. The Labute approximate surface area is 178 Å². The lowest BCUT2D eigenvalue weighted by Gasteiger charge is -2.20. The van der Waals surface area contributed by atoms with Gasteiger partial charge in [0, 0.05) is 23.7 Å². The number of carboxylic acids is 1. The van der Waals surface area contributed by atoms with Crippen LogP contribution < -0.4 is 0 Å². The number of hydrogen-bond donors (Lipinski definition) is 1. The molecule has 0 saturated carbocycles. The van der Waals surface area contributed by atoms with Gasteiger partial charge in [-0.2, -0.15) is 0 Å². The van der Waals surface area contributed by atoms with Crippen LogP contribution >= 0.6 is 23.4 Å². The Morgan fingerprint density at radius 2 is 1.97 bits per heavy atom. The van der Waals surface area contributed by atoms with Crippen LogP contribution in [0, 0.1) is 0 Å². The lowest BCUT2D eigenvalue weighted by atomic mass is 10.1. The van der Waals surface area contributed by atoms with Crippen LogP contribution in [0.4, 0.5) is 0 Å². The van der Waals surface area contributed by atoms with Crippen molar-refractivity contribution in [3.8, 4) is 11.3 Å². The number of benzene rings is 1. The molecule has 3 rings (SSSR count). The minimum Gasteiger partial charge on any atom is -0.478 e. The molecule has 8 heteroatoms. The van der Waals surface area contributed by atoms with Crippen LogP contribution in [-0.4, -0.2) is 39.1 Å². The fraction of sp³-hybridized carbons (Fsp3) is 0.286. The maximum Gasteiger partial charge on any atom is 0.337 e. The summed E-state index contributed by atoms with van der Waals surface area (Å²) in [4.78, 5) is 30.9. The normalized spacial score (nSPS) is 17.3. The van der Waals surface area contributed by atoms with Crippen molar-refractivity contribution in [2.45, 2.75) is 39.8 Å². The Morgan fingerprint density at radius 1 is 1.24 bits per heavy atom. The summed E-state index contributed by atoms with van der Waals surface area (Å²) in [7, 11) is 0. The van der Waals surface area contributed by atoms with Gasteiger partial charge in [-0.1, -0.05) is 11.6 Å². The van der Waals surface area contributed by atoms with Crippen molar-refractivity contribution in [2.75, 3.05) is 0 Å². The minimum atomic E-state index is -1.11. The molecule has 1 saturated heterocycles. The SMILES string of the molecule is CC(C)N=C1S/C(=C\c2ccc(-c3ccc(Cl)c(C(=O)O)c3)o2)C(=O)N1C(C)C. The fourth-order valence-electron chi connectivity index (χ4n) is 2.81. The van der Waals surface area contributed by atoms with Gasteiger partial charge in [0.1, 0.15) is 11.5 Å². The number of rotatable bonds is 5. The van der Waals surface area contributed by atoms with E-state index in [-0.39, 0.29) is 28.6 Å². The Morgan fingerprint density at radius 3 is 2.59 bits per heavy atom. The van der Waals surface area contributed by atoms with Crippen LogP contribution in [0.2, 0.25) is 5.02 Å². The van der Waals surface area contributed by atoms with Crippen LogP contribution in [0.1, 0.15) is 43.8 Å². The molecule has 152 valence electrons. The lowest BCUT2D eigenvalue weighted by molar-refractivity contribution is -0.123. The predicted molar refractivity (Wildman–Crippen MR) is 116 cm³/mol. The van der Waals surface area contributed by atoms with Crippen molar-refractivity contribution < 1.29 is 19.1 Å². The zero-order valence-corrected chi connectivity index (χ0v) is 18.0. The number of thioether (sulfide) groups is 1. The largest absolute Gasteiger partial charge is 0.478 e. The van der Waals surface area contributed by atoms with Gasteiger partial charge in [0.05, 0.1) is 15.5 Å². The molecule has 1 fully saturated rings. The molecule has 1 amide bonds. The standard InChI is InChI=1S/C21H21ClN2O4S/c1-11(2)23-21-24(12(3)4)19(25)18(29-21)10-14-6-8-17(28-14)13-5-7-16(22)15(9-13)20(26)27/h5-12H,1-4H3,(H,26,27)/b18-10-,23-21?. The molecule has 1 N–H and O–H groups in total. The summed E-state index contributed by atoms with van der Waals surface area (Å²) in [6.07, 6.45) is 1.68. The van der Waals surface area contributed by atoms with E-state index in [0.29, 0.717) is 27.2 Å². The van der Waals surface area contributed by atoms with Crippen molar-refractivity contribution in [3.63, 3.8) is 0 Å². The number of hydrogen-bond acceptors (Lipinski definition) is 5. The maximum atomic E-state index is 12.8. The zero-order chi connectivity index (χ0) is 21.3. The molecule has 0 atom stereocenters. The molecule has 2 aromatic rings. The Bertz CT molecular complexity index is 1020. The summed E-state index contributed by atoms with van der Waals surface area (Å²) >= 11 is 7.25. The van der Waals surface area contributed by atoms with E-state index in [1.165, 1.54) is 23.9 Å². The third kappa shape index (κ3) is 4.57. The van der Waals surface area contributed by atoms with Gasteiger partial charge in [-0.05, 0) is 69.8 Å². The van der Waals surface area contributed by atoms with E-state index in [1.54, 1.807) is 29.2 Å². The van der Waals surface area contributed by atoms with Gasteiger partial charge in [0.2, 0.25) is 0 Å².